The van der Waals surface area contributed by atoms with Crippen LogP contribution in [0.25, 0.3) is 10.2 Å². The monoisotopic (exact) mass is 573 g/mol. The zero-order valence-electron chi connectivity index (χ0n) is 21.6. The topological polar surface area (TPSA) is 44.3 Å². The number of benzene rings is 2. The van der Waals surface area contributed by atoms with Crippen molar-refractivity contribution in [1.82, 2.24) is 15.3 Å². The summed E-state index contributed by atoms with van der Waals surface area (Å²) in [7, 11) is 1.99. The summed E-state index contributed by atoms with van der Waals surface area (Å²) in [5.41, 5.74) is 5.19. The Balaban J connectivity index is 0.00000308. The summed E-state index contributed by atoms with van der Waals surface area (Å²) in [4.78, 5) is 14.1. The van der Waals surface area contributed by atoms with E-state index >= 15 is 0 Å². The summed E-state index contributed by atoms with van der Waals surface area (Å²) in [6.07, 6.45) is 0.394. The van der Waals surface area contributed by atoms with Crippen LogP contribution in [0.4, 0.5) is 30.4 Å². The van der Waals surface area contributed by atoms with Gasteiger partial charge in [0.25, 0.3) is 0 Å². The van der Waals surface area contributed by atoms with Crippen LogP contribution in [0.1, 0.15) is 35.3 Å². The maximum absolute atomic E-state index is 12.9. The predicted molar refractivity (Wildman–Crippen MR) is 155 cm³/mol. The second kappa shape index (κ2) is 11.3. The second-order valence-electron chi connectivity index (χ2n) is 10.3. The molecule has 5 nitrogen and oxygen atoms in total. The highest BCUT2D eigenvalue weighted by atomic mass is 35.5. The Morgan fingerprint density at radius 2 is 1.87 bits per heavy atom. The standard InChI is InChI=1S/C29H30F3N5S.ClH/c1-36(27-25-15-24(16-29(30,31)32)38-28(25)35-18-34-27)23-11-8-21(14-23)33-17-19-6-9-22(10-7-19)37-13-12-20-4-2-3-5-26(20)37;/h2-7,9-10,15,18,21,23,33H,8,11-14,16-17H2,1H3;1H/t21-,23+;/m0./s1. The van der Waals surface area contributed by atoms with Crippen LogP contribution in [-0.2, 0) is 19.4 Å². The number of alkyl halides is 3. The van der Waals surface area contributed by atoms with Crippen molar-refractivity contribution in [3.8, 4) is 0 Å². The molecule has 206 valence electrons. The molecule has 39 heavy (non-hydrogen) atoms. The summed E-state index contributed by atoms with van der Waals surface area (Å²) in [6.45, 7) is 1.82. The van der Waals surface area contributed by atoms with Gasteiger partial charge in [0.1, 0.15) is 17.0 Å². The molecule has 6 rings (SSSR count). The number of thiophene rings is 1. The number of hydrogen-bond acceptors (Lipinski definition) is 6. The molecule has 10 heteroatoms. The van der Waals surface area contributed by atoms with Crippen LogP contribution in [0.2, 0.25) is 0 Å². The maximum Gasteiger partial charge on any atom is 0.393 e. The molecule has 2 aromatic heterocycles. The Hall–Kier alpha value is -2.88. The van der Waals surface area contributed by atoms with Gasteiger partial charge in [0.15, 0.2) is 0 Å². The number of para-hydroxylation sites is 1. The summed E-state index contributed by atoms with van der Waals surface area (Å²) in [5, 5.41) is 4.41. The minimum atomic E-state index is -4.23. The van der Waals surface area contributed by atoms with Gasteiger partial charge in [-0.25, -0.2) is 9.97 Å². The predicted octanol–water partition coefficient (Wildman–Crippen LogP) is 7.06. The van der Waals surface area contributed by atoms with E-state index in [1.165, 1.54) is 28.8 Å². The van der Waals surface area contributed by atoms with Gasteiger partial charge in [-0.05, 0) is 61.1 Å². The summed E-state index contributed by atoms with van der Waals surface area (Å²) in [5.74, 6) is 0.712. The lowest BCUT2D eigenvalue weighted by atomic mass is 10.1. The molecule has 1 aliphatic carbocycles. The van der Waals surface area contributed by atoms with Crippen molar-refractivity contribution in [2.75, 3.05) is 23.4 Å². The molecule has 0 saturated heterocycles. The minimum Gasteiger partial charge on any atom is -0.356 e. The van der Waals surface area contributed by atoms with Gasteiger partial charge in [0, 0.05) is 48.5 Å². The van der Waals surface area contributed by atoms with Crippen molar-refractivity contribution in [3.05, 3.63) is 76.9 Å². The summed E-state index contributed by atoms with van der Waals surface area (Å²) < 4.78 is 38.7. The van der Waals surface area contributed by atoms with Crippen molar-refractivity contribution in [2.24, 2.45) is 0 Å². The van der Waals surface area contributed by atoms with Crippen LogP contribution in [-0.4, -0.2) is 41.8 Å². The Bertz CT molecular complexity index is 1420. The number of nitrogens with one attached hydrogen (secondary N) is 1. The first-order chi connectivity index (χ1) is 18.3. The second-order valence-corrected chi connectivity index (χ2v) is 11.4. The van der Waals surface area contributed by atoms with E-state index in [0.29, 0.717) is 22.1 Å². The largest absolute Gasteiger partial charge is 0.393 e. The van der Waals surface area contributed by atoms with E-state index in [0.717, 1.165) is 50.1 Å². The van der Waals surface area contributed by atoms with Gasteiger partial charge in [-0.3, -0.25) is 0 Å². The van der Waals surface area contributed by atoms with Crippen LogP contribution < -0.4 is 15.1 Å². The average Bonchev–Trinajstić information content (AvgIpc) is 3.64. The zero-order chi connectivity index (χ0) is 26.3. The van der Waals surface area contributed by atoms with E-state index in [-0.39, 0.29) is 23.3 Å². The molecular weight excluding hydrogens is 543 g/mol. The van der Waals surface area contributed by atoms with E-state index in [9.17, 15) is 13.2 Å². The molecular formula is C29H31ClF3N5S. The van der Waals surface area contributed by atoms with Gasteiger partial charge in [-0.1, -0.05) is 30.3 Å². The lowest BCUT2D eigenvalue weighted by Gasteiger charge is -2.26. The molecule has 0 radical (unpaired) electrons. The average molecular weight is 574 g/mol. The molecule has 1 saturated carbocycles. The van der Waals surface area contributed by atoms with Crippen molar-refractivity contribution in [1.29, 1.82) is 0 Å². The van der Waals surface area contributed by atoms with E-state index in [1.807, 2.05) is 7.05 Å². The number of nitrogens with zero attached hydrogens (tertiary/aromatic N) is 4. The molecule has 0 bridgehead atoms. The molecule has 2 atom stereocenters. The molecule has 4 aromatic rings. The minimum absolute atomic E-state index is 0. The third-order valence-electron chi connectivity index (χ3n) is 7.75. The molecule has 1 N–H and O–H groups in total. The zero-order valence-corrected chi connectivity index (χ0v) is 23.3. The first-order valence-electron chi connectivity index (χ1n) is 13.0. The number of hydrogen-bond donors (Lipinski definition) is 1. The fourth-order valence-corrected chi connectivity index (χ4v) is 6.81. The molecule has 0 spiro atoms. The first kappa shape index (κ1) is 27.7. The summed E-state index contributed by atoms with van der Waals surface area (Å²) >= 11 is 1.10. The highest BCUT2D eigenvalue weighted by molar-refractivity contribution is 7.18. The SMILES string of the molecule is CN(c1ncnc2sc(CC(F)(F)F)cc12)[C@@H]1CC[C@H](NCc2ccc(N3CCc4ccccc43)cc2)C1.Cl. The Morgan fingerprint density at radius 1 is 1.08 bits per heavy atom. The van der Waals surface area contributed by atoms with E-state index in [2.05, 4.69) is 73.6 Å². The van der Waals surface area contributed by atoms with Crippen LogP contribution in [0.5, 0.6) is 0 Å². The number of fused-ring (bicyclic) bond motifs is 2. The normalized spacial score (nSPS) is 18.8. The highest BCUT2D eigenvalue weighted by Crippen LogP contribution is 2.36. The van der Waals surface area contributed by atoms with E-state index in [4.69, 9.17) is 0 Å². The van der Waals surface area contributed by atoms with Gasteiger partial charge in [-0.2, -0.15) is 13.2 Å². The number of halogens is 4. The fourth-order valence-electron chi connectivity index (χ4n) is 5.79. The Labute approximate surface area is 236 Å². The molecule has 3 heterocycles. The number of rotatable bonds is 7. The Kier molecular flexibility index (Phi) is 8.03. The van der Waals surface area contributed by atoms with E-state index < -0.39 is 12.6 Å². The fraction of sp³-hybridized carbons (Fsp3) is 0.379. The smallest absolute Gasteiger partial charge is 0.356 e. The molecule has 0 amide bonds. The lowest BCUT2D eigenvalue weighted by Crippen LogP contribution is -2.33. The van der Waals surface area contributed by atoms with Crippen molar-refractivity contribution >= 4 is 51.2 Å². The molecule has 0 unspecified atom stereocenters. The third kappa shape index (κ3) is 6.00. The number of aromatic nitrogens is 2. The van der Waals surface area contributed by atoms with Crippen molar-refractivity contribution in [3.63, 3.8) is 0 Å². The number of anilines is 3. The first-order valence-corrected chi connectivity index (χ1v) is 13.9. The van der Waals surface area contributed by atoms with Gasteiger partial charge in [-0.15, -0.1) is 23.7 Å². The quantitative estimate of drug-likeness (QED) is 0.256. The lowest BCUT2D eigenvalue weighted by molar-refractivity contribution is -0.126. The molecule has 1 fully saturated rings. The Morgan fingerprint density at radius 3 is 2.67 bits per heavy atom. The van der Waals surface area contributed by atoms with Crippen molar-refractivity contribution < 1.29 is 13.2 Å². The van der Waals surface area contributed by atoms with Gasteiger partial charge in [0.05, 0.1) is 11.8 Å². The van der Waals surface area contributed by atoms with Gasteiger partial charge < -0.3 is 15.1 Å². The maximum atomic E-state index is 12.9. The van der Waals surface area contributed by atoms with Crippen LogP contribution >= 0.6 is 23.7 Å². The van der Waals surface area contributed by atoms with Crippen LogP contribution in [0.15, 0.2) is 60.9 Å². The molecule has 1 aliphatic heterocycles. The molecule has 2 aromatic carbocycles. The van der Waals surface area contributed by atoms with Crippen LogP contribution in [0, 0.1) is 0 Å². The third-order valence-corrected chi connectivity index (χ3v) is 8.79. The van der Waals surface area contributed by atoms with E-state index in [1.54, 1.807) is 6.07 Å². The van der Waals surface area contributed by atoms with Crippen molar-refractivity contribution in [2.45, 2.75) is 56.9 Å². The van der Waals surface area contributed by atoms with Gasteiger partial charge >= 0.3 is 6.18 Å². The highest BCUT2D eigenvalue weighted by Gasteiger charge is 2.31. The van der Waals surface area contributed by atoms with Crippen LogP contribution in [0.3, 0.4) is 0 Å². The molecule has 2 aliphatic rings. The van der Waals surface area contributed by atoms with Gasteiger partial charge in [0.2, 0.25) is 0 Å². The summed E-state index contributed by atoms with van der Waals surface area (Å²) in [6, 6.07) is 19.7.